The van der Waals surface area contributed by atoms with E-state index in [0.717, 1.165) is 77.2 Å². The normalized spacial score (nSPS) is 30.4. The van der Waals surface area contributed by atoms with Crippen molar-refractivity contribution in [3.63, 3.8) is 0 Å². The molecule has 326 valence electrons. The first-order valence-electron chi connectivity index (χ1n) is 22.9. The van der Waals surface area contributed by atoms with E-state index in [0.29, 0.717) is 51.5 Å². The number of sulfone groups is 1. The first kappa shape index (κ1) is 43.5. The van der Waals surface area contributed by atoms with Crippen LogP contribution in [0, 0.1) is 27.6 Å². The van der Waals surface area contributed by atoms with Crippen LogP contribution in [0.1, 0.15) is 164 Å². The number of carbonyl (C=O) groups is 5. The van der Waals surface area contributed by atoms with Crippen LogP contribution in [0.25, 0.3) is 0 Å². The number of piperidine rings is 1. The molecule has 5 saturated carbocycles. The van der Waals surface area contributed by atoms with Crippen LogP contribution in [-0.4, -0.2) is 107 Å². The number of rotatable bonds is 13. The van der Waals surface area contributed by atoms with E-state index < -0.39 is 61.6 Å². The topological polar surface area (TPSA) is 162 Å². The van der Waals surface area contributed by atoms with Crippen LogP contribution in [0.5, 0.6) is 0 Å². The molecule has 13 heteroatoms. The van der Waals surface area contributed by atoms with Gasteiger partial charge in [-0.15, -0.1) is 0 Å². The highest BCUT2D eigenvalue weighted by atomic mass is 32.2. The summed E-state index contributed by atoms with van der Waals surface area (Å²) in [7, 11) is -3.59. The predicted octanol–water partition coefficient (Wildman–Crippen LogP) is 5.22. The highest BCUT2D eigenvalue weighted by Crippen LogP contribution is 2.88. The molecule has 2 heterocycles. The third-order valence-corrected chi connectivity index (χ3v) is 18.9. The first-order valence-corrected chi connectivity index (χ1v) is 24.7. The van der Waals surface area contributed by atoms with E-state index in [4.69, 9.17) is 0 Å². The number of likely N-dealkylation sites (tertiary alicyclic amines) is 2. The maximum Gasteiger partial charge on any atom is 0.246 e. The maximum absolute atomic E-state index is 15.3. The molecule has 7 fully saturated rings. The van der Waals surface area contributed by atoms with Gasteiger partial charge in [-0.2, -0.15) is 0 Å². The van der Waals surface area contributed by atoms with E-state index in [9.17, 15) is 27.6 Å². The fourth-order valence-corrected chi connectivity index (χ4v) is 14.4. The highest BCUT2D eigenvalue weighted by Gasteiger charge is 2.85. The number of ketones is 1. The van der Waals surface area contributed by atoms with Crippen molar-refractivity contribution in [1.29, 1.82) is 0 Å². The quantitative estimate of drug-likeness (QED) is 0.228. The van der Waals surface area contributed by atoms with E-state index in [2.05, 4.69) is 48.5 Å². The Hall–Kier alpha value is -2.54. The van der Waals surface area contributed by atoms with E-state index in [-0.39, 0.29) is 52.0 Å². The number of fused-ring (bicyclic) bond motifs is 1. The Bertz CT molecular complexity index is 1730. The lowest BCUT2D eigenvalue weighted by Crippen LogP contribution is -2.63. The van der Waals surface area contributed by atoms with Gasteiger partial charge in [0, 0.05) is 18.0 Å². The number of nitrogens with zero attached hydrogens (tertiary/aromatic N) is 2. The van der Waals surface area contributed by atoms with Gasteiger partial charge < -0.3 is 20.9 Å². The lowest BCUT2D eigenvalue weighted by atomic mass is 9.73. The summed E-state index contributed by atoms with van der Waals surface area (Å²) in [5, 5.41) is 9.04. The van der Waals surface area contributed by atoms with Gasteiger partial charge in [0.1, 0.15) is 23.9 Å². The van der Waals surface area contributed by atoms with Crippen molar-refractivity contribution < 1.29 is 32.4 Å². The number of Topliss-reactive ketones (excluding diaryl/α,β-unsaturated/α-hetero) is 1. The standard InChI is InChI=1S/C45H73N5O7S/c1-29(2)49-25-14-11-18-32(49)37(52)46-35(30-16-9-8-10-17-30)39(54)47-36(41(3,4)5)40(55)50-28-45(42(6,7)44(45)23-15-24-44)26-33(50)38(53)48-43(21-12-13-22-43)34(51)27-58(56,57)31-19-20-31/h29-33,35-36H,8-28H2,1-7H3,(H,46,52)(H,47,54)(H,48,53)/t32-,33-,35-,36+,45+/m0/s1. The van der Waals surface area contributed by atoms with Crippen molar-refractivity contribution in [1.82, 2.24) is 25.8 Å². The molecule has 2 spiro atoms. The molecular weight excluding hydrogens is 755 g/mol. The van der Waals surface area contributed by atoms with Gasteiger partial charge in [0.15, 0.2) is 15.6 Å². The van der Waals surface area contributed by atoms with Crippen molar-refractivity contribution in [2.45, 2.75) is 205 Å². The fraction of sp³-hybridized carbons (Fsp3) is 0.889. The van der Waals surface area contributed by atoms with Crippen LogP contribution in [0.4, 0.5) is 0 Å². The molecular formula is C45H73N5O7S. The van der Waals surface area contributed by atoms with Gasteiger partial charge in [0.25, 0.3) is 0 Å². The zero-order valence-electron chi connectivity index (χ0n) is 36.6. The van der Waals surface area contributed by atoms with Crippen LogP contribution in [0.3, 0.4) is 0 Å². The molecule has 0 bridgehead atoms. The third kappa shape index (κ3) is 7.56. The summed E-state index contributed by atoms with van der Waals surface area (Å²) in [5.41, 5.74) is -2.39. The Morgan fingerprint density at radius 3 is 1.93 bits per heavy atom. The Kier molecular flexibility index (Phi) is 11.8. The van der Waals surface area contributed by atoms with Gasteiger partial charge in [-0.3, -0.25) is 28.9 Å². The molecule has 2 saturated heterocycles. The highest BCUT2D eigenvalue weighted by molar-refractivity contribution is 7.93. The van der Waals surface area contributed by atoms with Crippen LogP contribution in [-0.2, 0) is 33.8 Å². The summed E-state index contributed by atoms with van der Waals surface area (Å²) in [6.45, 7) is 15.7. The van der Waals surface area contributed by atoms with E-state index in [1.807, 2.05) is 20.8 Å². The number of nitrogens with one attached hydrogen (secondary N) is 3. The van der Waals surface area contributed by atoms with Gasteiger partial charge >= 0.3 is 0 Å². The minimum Gasteiger partial charge on any atom is -0.343 e. The second-order valence-corrected chi connectivity index (χ2v) is 23.9. The van der Waals surface area contributed by atoms with Gasteiger partial charge in [-0.1, -0.05) is 79.6 Å². The Morgan fingerprint density at radius 1 is 0.741 bits per heavy atom. The predicted molar refractivity (Wildman–Crippen MR) is 223 cm³/mol. The average molecular weight is 828 g/mol. The second-order valence-electron chi connectivity index (χ2n) is 21.6. The molecule has 4 amide bonds. The molecule has 58 heavy (non-hydrogen) atoms. The molecule has 2 aliphatic heterocycles. The third-order valence-electron chi connectivity index (χ3n) is 16.7. The van der Waals surface area contributed by atoms with Crippen molar-refractivity contribution >= 4 is 39.2 Å². The lowest BCUT2D eigenvalue weighted by molar-refractivity contribution is -0.145. The molecule has 5 atom stereocenters. The molecule has 3 N–H and O–H groups in total. The maximum atomic E-state index is 15.3. The minimum absolute atomic E-state index is 0.0204. The number of hydrogen-bond donors (Lipinski definition) is 3. The zero-order chi connectivity index (χ0) is 42.1. The molecule has 7 rings (SSSR count). The van der Waals surface area contributed by atoms with Gasteiger partial charge in [0.2, 0.25) is 23.6 Å². The van der Waals surface area contributed by atoms with Gasteiger partial charge in [0.05, 0.1) is 16.8 Å². The Morgan fingerprint density at radius 2 is 1.38 bits per heavy atom. The van der Waals surface area contributed by atoms with Gasteiger partial charge in [-0.25, -0.2) is 8.42 Å². The smallest absolute Gasteiger partial charge is 0.246 e. The van der Waals surface area contributed by atoms with E-state index in [1.165, 1.54) is 0 Å². The van der Waals surface area contributed by atoms with Crippen molar-refractivity contribution in [3.8, 4) is 0 Å². The summed E-state index contributed by atoms with van der Waals surface area (Å²) >= 11 is 0. The largest absolute Gasteiger partial charge is 0.343 e. The van der Waals surface area contributed by atoms with Crippen LogP contribution < -0.4 is 16.0 Å². The lowest BCUT2D eigenvalue weighted by Gasteiger charge is -2.40. The van der Waals surface area contributed by atoms with Crippen molar-refractivity contribution in [3.05, 3.63) is 0 Å². The molecule has 0 aromatic heterocycles. The average Bonchev–Trinajstić information content (AvgIpc) is 3.92. The summed E-state index contributed by atoms with van der Waals surface area (Å²) < 4.78 is 26.0. The Balaban J connectivity index is 1.16. The molecule has 0 unspecified atom stereocenters. The summed E-state index contributed by atoms with van der Waals surface area (Å²) in [6, 6.07) is -2.76. The summed E-state index contributed by atoms with van der Waals surface area (Å²) in [6.07, 6.45) is 14.4. The molecule has 0 aromatic rings. The molecule has 7 aliphatic rings. The van der Waals surface area contributed by atoms with Gasteiger partial charge in [-0.05, 0) is 113 Å². The van der Waals surface area contributed by atoms with Crippen molar-refractivity contribution in [2.24, 2.45) is 27.6 Å². The number of amides is 4. The van der Waals surface area contributed by atoms with E-state index in [1.54, 1.807) is 4.90 Å². The fourth-order valence-electron chi connectivity index (χ4n) is 12.7. The minimum atomic E-state index is -3.59. The second kappa shape index (κ2) is 15.7. The van der Waals surface area contributed by atoms with Crippen molar-refractivity contribution in [2.75, 3.05) is 18.8 Å². The SMILES string of the molecule is CC(C)N1CCCC[C@H]1C(=O)N[C@H](C(=O)N[C@H](C(=O)N1C[C@]2(C[C@H]1C(=O)NC1(C(=O)CS(=O)(=O)C3CC3)CCCC1)C(C)(C)C21CCC1)C(C)(C)C)C1CCCCC1. The first-order chi connectivity index (χ1) is 27.2. The van der Waals surface area contributed by atoms with Crippen LogP contribution >= 0.6 is 0 Å². The summed E-state index contributed by atoms with van der Waals surface area (Å²) in [4.78, 5) is 76.7. The number of carbonyl (C=O) groups excluding carboxylic acids is 5. The molecule has 0 aromatic carbocycles. The molecule has 12 nitrogen and oxygen atoms in total. The zero-order valence-corrected chi connectivity index (χ0v) is 37.4. The Labute approximate surface area is 347 Å². The van der Waals surface area contributed by atoms with Crippen LogP contribution in [0.2, 0.25) is 0 Å². The number of hydrogen-bond acceptors (Lipinski definition) is 8. The molecule has 5 aliphatic carbocycles. The van der Waals surface area contributed by atoms with Crippen LogP contribution in [0.15, 0.2) is 0 Å². The monoisotopic (exact) mass is 828 g/mol. The van der Waals surface area contributed by atoms with E-state index >= 15 is 4.79 Å². The molecule has 0 radical (unpaired) electrons. The summed E-state index contributed by atoms with van der Waals surface area (Å²) in [5.74, 6) is -2.28.